The highest BCUT2D eigenvalue weighted by molar-refractivity contribution is 5.92. The predicted molar refractivity (Wildman–Crippen MR) is 65.8 cm³/mol. The SMILES string of the molecule is Cc1c(C(=O)O)cc(-c2ccccc2)nc1N. The van der Waals surface area contributed by atoms with Crippen molar-refractivity contribution in [3.63, 3.8) is 0 Å². The van der Waals surface area contributed by atoms with Crippen molar-refractivity contribution in [2.24, 2.45) is 0 Å². The van der Waals surface area contributed by atoms with Gasteiger partial charge in [-0.05, 0) is 13.0 Å². The Bertz CT molecular complexity index is 565. The molecule has 4 nitrogen and oxygen atoms in total. The van der Waals surface area contributed by atoms with E-state index in [4.69, 9.17) is 10.8 Å². The Morgan fingerprint density at radius 1 is 1.29 bits per heavy atom. The van der Waals surface area contributed by atoms with Gasteiger partial charge in [0.25, 0.3) is 0 Å². The molecule has 4 heteroatoms. The third-order valence-corrected chi connectivity index (χ3v) is 2.61. The number of anilines is 1. The number of rotatable bonds is 2. The van der Waals surface area contributed by atoms with Crippen molar-refractivity contribution in [2.45, 2.75) is 6.92 Å². The molecule has 86 valence electrons. The number of benzene rings is 1. The van der Waals surface area contributed by atoms with Crippen molar-refractivity contribution < 1.29 is 9.90 Å². The van der Waals surface area contributed by atoms with Crippen LogP contribution in [0.1, 0.15) is 15.9 Å². The molecule has 2 aromatic rings. The Morgan fingerprint density at radius 2 is 1.94 bits per heavy atom. The normalized spacial score (nSPS) is 10.2. The first-order chi connectivity index (χ1) is 8.09. The lowest BCUT2D eigenvalue weighted by molar-refractivity contribution is 0.0696. The van der Waals surface area contributed by atoms with Gasteiger partial charge in [0.1, 0.15) is 5.82 Å². The first-order valence-corrected chi connectivity index (χ1v) is 5.15. The van der Waals surface area contributed by atoms with E-state index < -0.39 is 5.97 Å². The Kier molecular flexibility index (Phi) is 2.78. The molecular formula is C13H12N2O2. The molecule has 1 aromatic carbocycles. The van der Waals surface area contributed by atoms with Gasteiger partial charge in [0, 0.05) is 11.1 Å². The first-order valence-electron chi connectivity index (χ1n) is 5.15. The van der Waals surface area contributed by atoms with Crippen LogP contribution in [0.5, 0.6) is 0 Å². The summed E-state index contributed by atoms with van der Waals surface area (Å²) in [6.07, 6.45) is 0. The summed E-state index contributed by atoms with van der Waals surface area (Å²) in [5.74, 6) is -0.738. The molecular weight excluding hydrogens is 216 g/mol. The Labute approximate surface area is 98.7 Å². The van der Waals surface area contributed by atoms with E-state index in [9.17, 15) is 4.79 Å². The number of carbonyl (C=O) groups is 1. The molecule has 0 spiro atoms. The minimum Gasteiger partial charge on any atom is -0.478 e. The second kappa shape index (κ2) is 4.25. The molecule has 0 amide bonds. The molecule has 2 rings (SSSR count). The fourth-order valence-electron chi connectivity index (χ4n) is 1.61. The third-order valence-electron chi connectivity index (χ3n) is 2.61. The van der Waals surface area contributed by atoms with Crippen LogP contribution < -0.4 is 5.73 Å². The monoisotopic (exact) mass is 228 g/mol. The molecule has 0 atom stereocenters. The average molecular weight is 228 g/mol. The second-order valence-electron chi connectivity index (χ2n) is 3.74. The van der Waals surface area contributed by atoms with E-state index in [-0.39, 0.29) is 11.4 Å². The smallest absolute Gasteiger partial charge is 0.336 e. The van der Waals surface area contributed by atoms with Crippen LogP contribution in [0.15, 0.2) is 36.4 Å². The fraction of sp³-hybridized carbons (Fsp3) is 0.0769. The molecule has 0 unspecified atom stereocenters. The molecule has 0 saturated heterocycles. The third kappa shape index (κ3) is 2.10. The Balaban J connectivity index is 2.61. The van der Waals surface area contributed by atoms with Gasteiger partial charge in [-0.3, -0.25) is 0 Å². The molecule has 0 aliphatic carbocycles. The summed E-state index contributed by atoms with van der Waals surface area (Å²) in [5.41, 5.74) is 7.83. The Hall–Kier alpha value is -2.36. The van der Waals surface area contributed by atoms with Gasteiger partial charge in [0.05, 0.1) is 11.3 Å². The number of nitrogens with two attached hydrogens (primary N) is 1. The summed E-state index contributed by atoms with van der Waals surface area (Å²) < 4.78 is 0. The standard InChI is InChI=1S/C13H12N2O2/c1-8-10(13(16)17)7-11(15-12(8)14)9-5-3-2-4-6-9/h2-7H,1H3,(H2,14,15)(H,16,17). The summed E-state index contributed by atoms with van der Waals surface area (Å²) >= 11 is 0. The molecule has 0 aliphatic rings. The van der Waals surface area contributed by atoms with Crippen molar-refractivity contribution >= 4 is 11.8 Å². The molecule has 0 radical (unpaired) electrons. The summed E-state index contributed by atoms with van der Waals surface area (Å²) in [7, 11) is 0. The highest BCUT2D eigenvalue weighted by Crippen LogP contribution is 2.23. The zero-order valence-electron chi connectivity index (χ0n) is 9.34. The van der Waals surface area contributed by atoms with Crippen molar-refractivity contribution in [1.29, 1.82) is 0 Å². The number of aromatic carboxylic acids is 1. The molecule has 0 fully saturated rings. The number of hydrogen-bond donors (Lipinski definition) is 2. The van der Waals surface area contributed by atoms with Crippen molar-refractivity contribution in [1.82, 2.24) is 4.98 Å². The van der Waals surface area contributed by atoms with Gasteiger partial charge < -0.3 is 10.8 Å². The van der Waals surface area contributed by atoms with E-state index in [0.29, 0.717) is 11.3 Å². The Morgan fingerprint density at radius 3 is 2.53 bits per heavy atom. The summed E-state index contributed by atoms with van der Waals surface area (Å²) in [6.45, 7) is 1.65. The maximum Gasteiger partial charge on any atom is 0.336 e. The van der Waals surface area contributed by atoms with E-state index >= 15 is 0 Å². The number of carboxylic acids is 1. The summed E-state index contributed by atoms with van der Waals surface area (Å²) in [6, 6.07) is 10.9. The minimum absolute atomic E-state index is 0.191. The summed E-state index contributed by atoms with van der Waals surface area (Å²) in [4.78, 5) is 15.3. The van der Waals surface area contributed by atoms with Crippen LogP contribution in [-0.4, -0.2) is 16.1 Å². The zero-order valence-corrected chi connectivity index (χ0v) is 9.34. The predicted octanol–water partition coefficient (Wildman–Crippen LogP) is 2.34. The molecule has 1 heterocycles. The van der Waals surface area contributed by atoms with Crippen molar-refractivity contribution in [3.05, 3.63) is 47.5 Å². The molecule has 17 heavy (non-hydrogen) atoms. The fourth-order valence-corrected chi connectivity index (χ4v) is 1.61. The lowest BCUT2D eigenvalue weighted by Crippen LogP contribution is -2.06. The number of nitrogen functional groups attached to an aromatic ring is 1. The molecule has 1 aromatic heterocycles. The summed E-state index contributed by atoms with van der Waals surface area (Å²) in [5, 5.41) is 9.08. The van der Waals surface area contributed by atoms with Crippen LogP contribution in [0, 0.1) is 6.92 Å². The topological polar surface area (TPSA) is 76.2 Å². The van der Waals surface area contributed by atoms with Crippen LogP contribution in [0.3, 0.4) is 0 Å². The highest BCUT2D eigenvalue weighted by atomic mass is 16.4. The van der Waals surface area contributed by atoms with E-state index in [1.807, 2.05) is 30.3 Å². The van der Waals surface area contributed by atoms with Crippen LogP contribution in [0.2, 0.25) is 0 Å². The number of hydrogen-bond acceptors (Lipinski definition) is 3. The van der Waals surface area contributed by atoms with Gasteiger partial charge in [-0.15, -0.1) is 0 Å². The number of nitrogens with zero attached hydrogens (tertiary/aromatic N) is 1. The number of carboxylic acid groups (broad SMARTS) is 1. The van der Waals surface area contributed by atoms with Gasteiger partial charge in [-0.1, -0.05) is 30.3 Å². The molecule has 0 saturated carbocycles. The zero-order chi connectivity index (χ0) is 12.4. The van der Waals surface area contributed by atoms with Gasteiger partial charge in [-0.2, -0.15) is 0 Å². The lowest BCUT2D eigenvalue weighted by atomic mass is 10.1. The van der Waals surface area contributed by atoms with E-state index in [2.05, 4.69) is 4.98 Å². The van der Waals surface area contributed by atoms with Crippen LogP contribution in [0.4, 0.5) is 5.82 Å². The largest absolute Gasteiger partial charge is 0.478 e. The van der Waals surface area contributed by atoms with Crippen molar-refractivity contribution in [3.8, 4) is 11.3 Å². The lowest BCUT2D eigenvalue weighted by Gasteiger charge is -2.08. The van der Waals surface area contributed by atoms with E-state index in [0.717, 1.165) is 5.56 Å². The number of pyridine rings is 1. The maximum absolute atomic E-state index is 11.1. The molecule has 3 N–H and O–H groups in total. The molecule has 0 aliphatic heterocycles. The van der Waals surface area contributed by atoms with E-state index in [1.54, 1.807) is 13.0 Å². The van der Waals surface area contributed by atoms with Crippen molar-refractivity contribution in [2.75, 3.05) is 5.73 Å². The van der Waals surface area contributed by atoms with Gasteiger partial charge in [-0.25, -0.2) is 9.78 Å². The van der Waals surface area contributed by atoms with Gasteiger partial charge in [0.2, 0.25) is 0 Å². The van der Waals surface area contributed by atoms with Gasteiger partial charge >= 0.3 is 5.97 Å². The maximum atomic E-state index is 11.1. The minimum atomic E-state index is -0.992. The van der Waals surface area contributed by atoms with Crippen LogP contribution in [-0.2, 0) is 0 Å². The molecule has 0 bridgehead atoms. The van der Waals surface area contributed by atoms with Crippen LogP contribution >= 0.6 is 0 Å². The first kappa shape index (κ1) is 11.1. The second-order valence-corrected chi connectivity index (χ2v) is 3.74. The quantitative estimate of drug-likeness (QED) is 0.827. The van der Waals surface area contributed by atoms with E-state index in [1.165, 1.54) is 0 Å². The van der Waals surface area contributed by atoms with Crippen LogP contribution in [0.25, 0.3) is 11.3 Å². The van der Waals surface area contributed by atoms with Gasteiger partial charge in [0.15, 0.2) is 0 Å². The average Bonchev–Trinajstić information content (AvgIpc) is 2.33. The highest BCUT2D eigenvalue weighted by Gasteiger charge is 2.13. The number of aromatic nitrogens is 1.